The molecule has 0 N–H and O–H groups in total. The molecule has 0 saturated heterocycles. The van der Waals surface area contributed by atoms with Gasteiger partial charge in [-0.25, -0.2) is 4.39 Å². The van der Waals surface area contributed by atoms with Gasteiger partial charge in [0.05, 0.1) is 10.0 Å². The van der Waals surface area contributed by atoms with E-state index in [0.717, 1.165) is 17.3 Å². The highest BCUT2D eigenvalue weighted by Crippen LogP contribution is 2.42. The van der Waals surface area contributed by atoms with Gasteiger partial charge in [0, 0.05) is 21.2 Å². The molecular formula is C24H18Cl3FN4O3S. The summed E-state index contributed by atoms with van der Waals surface area (Å²) in [5.74, 6) is 0.409. The summed E-state index contributed by atoms with van der Waals surface area (Å²) in [6.45, 7) is 1.46. The smallest absolute Gasteiger partial charge is 0.220 e. The maximum Gasteiger partial charge on any atom is 0.220 e. The maximum absolute atomic E-state index is 13.4. The fourth-order valence-electron chi connectivity index (χ4n) is 3.45. The Morgan fingerprint density at radius 2 is 1.72 bits per heavy atom. The van der Waals surface area contributed by atoms with Crippen LogP contribution in [0.25, 0.3) is 5.69 Å². The number of nitrogens with zero attached hydrogens (tertiary/aromatic N) is 4. The molecule has 36 heavy (non-hydrogen) atoms. The van der Waals surface area contributed by atoms with Gasteiger partial charge >= 0.3 is 0 Å². The Bertz CT molecular complexity index is 1380. The minimum Gasteiger partial charge on any atom is -0.486 e. The van der Waals surface area contributed by atoms with E-state index in [4.69, 9.17) is 39.5 Å². The van der Waals surface area contributed by atoms with Crippen LogP contribution in [0.15, 0.2) is 65.8 Å². The molecule has 4 rings (SSSR count). The van der Waals surface area contributed by atoms with Crippen molar-refractivity contribution in [3.05, 3.63) is 109 Å². The van der Waals surface area contributed by atoms with Crippen LogP contribution in [0.2, 0.25) is 15.1 Å². The van der Waals surface area contributed by atoms with Crippen molar-refractivity contribution < 1.29 is 14.1 Å². The summed E-state index contributed by atoms with van der Waals surface area (Å²) in [5, 5.41) is 20.4. The van der Waals surface area contributed by atoms with E-state index >= 15 is 0 Å². The lowest BCUT2D eigenvalue weighted by Gasteiger charge is -2.17. The second kappa shape index (κ2) is 11.5. The Hall–Kier alpha value is -2.85. The molecule has 0 aliphatic rings. The predicted octanol–water partition coefficient (Wildman–Crippen LogP) is 7.36. The van der Waals surface area contributed by atoms with E-state index in [0.29, 0.717) is 27.3 Å². The number of nitro groups is 1. The predicted molar refractivity (Wildman–Crippen MR) is 139 cm³/mol. The molecule has 0 aliphatic carbocycles. The zero-order chi connectivity index (χ0) is 25.8. The number of benzene rings is 3. The molecule has 12 heteroatoms. The standard InChI is InChI=1S/C24H18Cl3FN4O3S/c1-14-29-30-24(32(14)18-8-6-17(28)7-9-18)36-22(12-31(33)34)16-10-20(26)23(21(27)11-16)35-13-15-4-2-3-5-19(15)25/h2-11,22H,12-13H2,1H3/t22-/m1/s1. The third-order valence-corrected chi connectivity index (χ3v) is 7.28. The van der Waals surface area contributed by atoms with Gasteiger partial charge in [0.1, 0.15) is 23.5 Å². The van der Waals surface area contributed by atoms with Crippen LogP contribution in [-0.4, -0.2) is 26.2 Å². The Morgan fingerprint density at radius 1 is 1.06 bits per heavy atom. The number of hydrogen-bond acceptors (Lipinski definition) is 6. The van der Waals surface area contributed by atoms with Crippen LogP contribution in [0, 0.1) is 22.9 Å². The third kappa shape index (κ3) is 6.10. The highest BCUT2D eigenvalue weighted by Gasteiger charge is 2.26. The summed E-state index contributed by atoms with van der Waals surface area (Å²) in [7, 11) is 0. The Kier molecular flexibility index (Phi) is 8.35. The minimum absolute atomic E-state index is 0.144. The van der Waals surface area contributed by atoms with Crippen molar-refractivity contribution in [2.75, 3.05) is 6.54 Å². The van der Waals surface area contributed by atoms with E-state index in [9.17, 15) is 14.5 Å². The normalized spacial score (nSPS) is 11.9. The SMILES string of the molecule is Cc1nnc(S[C@H](C[N+](=O)[O-])c2cc(Cl)c(OCc3ccccc3Cl)c(Cl)c2)n1-c1ccc(F)cc1. The van der Waals surface area contributed by atoms with Crippen molar-refractivity contribution in [1.29, 1.82) is 0 Å². The molecule has 0 bridgehead atoms. The average Bonchev–Trinajstić information content (AvgIpc) is 3.19. The van der Waals surface area contributed by atoms with Crippen LogP contribution >= 0.6 is 46.6 Å². The largest absolute Gasteiger partial charge is 0.486 e. The van der Waals surface area contributed by atoms with E-state index in [-0.39, 0.29) is 28.2 Å². The second-order valence-electron chi connectivity index (χ2n) is 7.66. The van der Waals surface area contributed by atoms with Crippen molar-refractivity contribution in [2.45, 2.75) is 23.9 Å². The summed E-state index contributed by atoms with van der Waals surface area (Å²) < 4.78 is 20.9. The van der Waals surface area contributed by atoms with Crippen LogP contribution in [0.1, 0.15) is 22.2 Å². The number of rotatable bonds is 9. The average molecular weight is 568 g/mol. The Labute approximate surface area is 225 Å². The number of aromatic nitrogens is 3. The van der Waals surface area contributed by atoms with Crippen molar-refractivity contribution in [3.63, 3.8) is 0 Å². The van der Waals surface area contributed by atoms with Gasteiger partial charge < -0.3 is 4.74 Å². The first-order valence-electron chi connectivity index (χ1n) is 10.5. The summed E-state index contributed by atoms with van der Waals surface area (Å²) in [6.07, 6.45) is 0. The Morgan fingerprint density at radius 3 is 2.36 bits per heavy atom. The lowest BCUT2D eigenvalue weighted by atomic mass is 10.1. The third-order valence-electron chi connectivity index (χ3n) is 5.16. The molecule has 0 spiro atoms. The van der Waals surface area contributed by atoms with Crippen LogP contribution in [-0.2, 0) is 6.61 Å². The van der Waals surface area contributed by atoms with Gasteiger partial charge in [-0.2, -0.15) is 0 Å². The number of halogens is 4. The summed E-state index contributed by atoms with van der Waals surface area (Å²) >= 11 is 20.3. The van der Waals surface area contributed by atoms with Crippen LogP contribution in [0.3, 0.4) is 0 Å². The van der Waals surface area contributed by atoms with Crippen LogP contribution in [0.4, 0.5) is 4.39 Å². The van der Waals surface area contributed by atoms with Crippen molar-refractivity contribution in [2.24, 2.45) is 0 Å². The number of hydrogen-bond donors (Lipinski definition) is 0. The van der Waals surface area contributed by atoms with Crippen LogP contribution in [0.5, 0.6) is 5.75 Å². The first-order chi connectivity index (χ1) is 17.2. The van der Waals surface area contributed by atoms with Crippen molar-refractivity contribution in [1.82, 2.24) is 14.8 Å². The van der Waals surface area contributed by atoms with Crippen LogP contribution < -0.4 is 4.74 Å². The van der Waals surface area contributed by atoms with Gasteiger partial charge in [0.15, 0.2) is 10.9 Å². The van der Waals surface area contributed by atoms with Gasteiger partial charge in [0.2, 0.25) is 6.54 Å². The van der Waals surface area contributed by atoms with Gasteiger partial charge in [-0.1, -0.05) is 64.8 Å². The maximum atomic E-state index is 13.4. The number of aryl methyl sites for hydroxylation is 1. The summed E-state index contributed by atoms with van der Waals surface area (Å²) in [5.41, 5.74) is 1.90. The molecule has 0 aliphatic heterocycles. The van der Waals surface area contributed by atoms with E-state index < -0.39 is 16.7 Å². The molecule has 3 aromatic carbocycles. The summed E-state index contributed by atoms with van der Waals surface area (Å²) in [6, 6.07) is 16.2. The van der Waals surface area contributed by atoms with Gasteiger partial charge in [-0.15, -0.1) is 10.2 Å². The first kappa shape index (κ1) is 26.2. The lowest BCUT2D eigenvalue weighted by Crippen LogP contribution is -2.11. The van der Waals surface area contributed by atoms with E-state index in [2.05, 4.69) is 10.2 Å². The van der Waals surface area contributed by atoms with Gasteiger partial charge in [-0.05, 0) is 55.0 Å². The van der Waals surface area contributed by atoms with E-state index in [1.165, 1.54) is 12.1 Å². The topological polar surface area (TPSA) is 83.1 Å². The molecule has 0 saturated carbocycles. The zero-order valence-corrected chi connectivity index (χ0v) is 21.8. The lowest BCUT2D eigenvalue weighted by molar-refractivity contribution is -0.479. The number of thioether (sulfide) groups is 1. The summed E-state index contributed by atoms with van der Waals surface area (Å²) in [4.78, 5) is 11.1. The second-order valence-corrected chi connectivity index (χ2v) is 10.0. The zero-order valence-electron chi connectivity index (χ0n) is 18.7. The molecule has 0 radical (unpaired) electrons. The molecule has 0 amide bonds. The molecule has 186 valence electrons. The van der Waals surface area contributed by atoms with E-state index in [1.54, 1.807) is 41.8 Å². The fourth-order valence-corrected chi connectivity index (χ4v) is 5.41. The molecule has 0 fully saturated rings. The fraction of sp³-hybridized carbons (Fsp3) is 0.167. The quantitative estimate of drug-likeness (QED) is 0.119. The molecule has 4 aromatic rings. The minimum atomic E-state index is -0.699. The molecule has 1 aromatic heterocycles. The van der Waals surface area contributed by atoms with Crippen molar-refractivity contribution >= 4 is 46.6 Å². The highest BCUT2D eigenvalue weighted by molar-refractivity contribution is 7.99. The van der Waals surface area contributed by atoms with E-state index in [1.807, 2.05) is 18.2 Å². The molecular weight excluding hydrogens is 550 g/mol. The highest BCUT2D eigenvalue weighted by atomic mass is 35.5. The molecule has 1 heterocycles. The monoisotopic (exact) mass is 566 g/mol. The van der Waals surface area contributed by atoms with Gasteiger partial charge in [0.25, 0.3) is 0 Å². The molecule has 0 unspecified atom stereocenters. The first-order valence-corrected chi connectivity index (χ1v) is 12.6. The Balaban J connectivity index is 1.62. The van der Waals surface area contributed by atoms with Gasteiger partial charge in [-0.3, -0.25) is 14.7 Å². The molecule has 1 atom stereocenters. The molecule has 7 nitrogen and oxygen atoms in total. The number of ether oxygens (including phenoxy) is 1. The van der Waals surface area contributed by atoms with Crippen molar-refractivity contribution in [3.8, 4) is 11.4 Å².